The van der Waals surface area contributed by atoms with Gasteiger partial charge < -0.3 is 14.2 Å². The van der Waals surface area contributed by atoms with E-state index in [0.717, 1.165) is 29.9 Å². The van der Waals surface area contributed by atoms with Gasteiger partial charge >= 0.3 is 6.09 Å². The number of carbonyl (C=O) groups is 1. The molecule has 3 aromatic heterocycles. The van der Waals surface area contributed by atoms with Gasteiger partial charge in [-0.1, -0.05) is 26.0 Å². The van der Waals surface area contributed by atoms with E-state index in [2.05, 4.69) is 47.7 Å². The summed E-state index contributed by atoms with van der Waals surface area (Å²) in [7, 11) is 0. The second-order valence-corrected chi connectivity index (χ2v) is 12.8. The van der Waals surface area contributed by atoms with Crippen LogP contribution in [0.4, 0.5) is 10.5 Å². The van der Waals surface area contributed by atoms with Crippen molar-refractivity contribution in [2.75, 3.05) is 4.90 Å². The molecule has 0 bridgehead atoms. The van der Waals surface area contributed by atoms with Crippen LogP contribution in [0, 0.1) is 0 Å². The van der Waals surface area contributed by atoms with E-state index in [-0.39, 0.29) is 12.0 Å². The monoisotopic (exact) mass is 496 g/mol. The summed E-state index contributed by atoms with van der Waals surface area (Å²) >= 11 is 0. The summed E-state index contributed by atoms with van der Waals surface area (Å²) in [5, 5.41) is 17.6. The van der Waals surface area contributed by atoms with Crippen LogP contribution < -0.4 is 4.90 Å². The second kappa shape index (κ2) is 8.87. The Kier molecular flexibility index (Phi) is 6.44. The summed E-state index contributed by atoms with van der Waals surface area (Å²) in [5.74, 6) is 0.481. The molecule has 3 aromatic rings. The third-order valence-electron chi connectivity index (χ3n) is 6.10. The fraction of sp³-hybridized carbons (Fsp3) is 0.630. The van der Waals surface area contributed by atoms with E-state index in [9.17, 15) is 9.90 Å². The maximum absolute atomic E-state index is 13.6. The van der Waals surface area contributed by atoms with E-state index < -0.39 is 17.2 Å². The number of hydrogen-bond donors (Lipinski definition) is 1. The lowest BCUT2D eigenvalue weighted by Gasteiger charge is -2.37. The average Bonchev–Trinajstić information content (AvgIpc) is 3.34. The van der Waals surface area contributed by atoms with Crippen LogP contribution in [0.2, 0.25) is 0 Å². The van der Waals surface area contributed by atoms with Crippen LogP contribution in [0.3, 0.4) is 0 Å². The van der Waals surface area contributed by atoms with Gasteiger partial charge in [0.2, 0.25) is 0 Å². The maximum Gasteiger partial charge on any atom is 0.415 e. The largest absolute Gasteiger partial charge is 0.443 e. The number of pyridine rings is 1. The van der Waals surface area contributed by atoms with Crippen molar-refractivity contribution in [3.05, 3.63) is 41.1 Å². The summed E-state index contributed by atoms with van der Waals surface area (Å²) in [6, 6.07) is 2.12. The first kappa shape index (κ1) is 26.1. The number of ether oxygens (including phenoxy) is 1. The van der Waals surface area contributed by atoms with Crippen molar-refractivity contribution in [3.8, 4) is 0 Å². The third kappa shape index (κ3) is 5.40. The lowest BCUT2D eigenvalue weighted by atomic mass is 9.90. The standard InChI is InChI=1S/C27H40N6O3/c1-25(2,3)22-20(15-31-14-19(16-34)29-30-31)28-23-21(12-18(13-32(22)23)17-10-11-17)33(26(4,5)6)24(35)36-27(7,8)9/h12-14,17,34H,10-11,15-16H2,1-9H3. The Balaban J connectivity index is 1.96. The van der Waals surface area contributed by atoms with E-state index in [1.54, 1.807) is 15.8 Å². The molecule has 196 valence electrons. The van der Waals surface area contributed by atoms with Gasteiger partial charge in [-0.05, 0) is 71.9 Å². The molecule has 0 aromatic carbocycles. The van der Waals surface area contributed by atoms with Crippen LogP contribution in [0.1, 0.15) is 104 Å². The van der Waals surface area contributed by atoms with Gasteiger partial charge in [-0.2, -0.15) is 0 Å². The van der Waals surface area contributed by atoms with Gasteiger partial charge in [0.05, 0.1) is 36.4 Å². The van der Waals surface area contributed by atoms with Gasteiger partial charge in [0.15, 0.2) is 5.65 Å². The van der Waals surface area contributed by atoms with E-state index in [4.69, 9.17) is 9.72 Å². The predicted octanol–water partition coefficient (Wildman–Crippen LogP) is 5.18. The smallest absolute Gasteiger partial charge is 0.415 e. The lowest BCUT2D eigenvalue weighted by Crippen LogP contribution is -2.48. The van der Waals surface area contributed by atoms with Gasteiger partial charge in [-0.25, -0.2) is 14.5 Å². The SMILES string of the molecule is CC(C)(C)OC(=O)N(c1cc(C2CC2)cn2c(C(C)(C)C)c(Cn3cc(CO)nn3)nc12)C(C)(C)C. The third-order valence-corrected chi connectivity index (χ3v) is 6.10. The minimum Gasteiger partial charge on any atom is -0.443 e. The molecular formula is C27H40N6O3. The highest BCUT2D eigenvalue weighted by molar-refractivity contribution is 5.94. The van der Waals surface area contributed by atoms with E-state index in [1.807, 2.05) is 41.5 Å². The topological polar surface area (TPSA) is 97.8 Å². The first-order valence-corrected chi connectivity index (χ1v) is 12.7. The minimum absolute atomic E-state index is 0.164. The van der Waals surface area contributed by atoms with Crippen molar-refractivity contribution >= 4 is 17.4 Å². The molecule has 1 aliphatic carbocycles. The number of nitrogens with zero attached hydrogens (tertiary/aromatic N) is 6. The number of aliphatic hydroxyl groups is 1. The molecule has 4 rings (SSSR count). The van der Waals surface area contributed by atoms with Gasteiger partial charge in [0.25, 0.3) is 0 Å². The molecule has 0 unspecified atom stereocenters. The Labute approximate surface area is 213 Å². The van der Waals surface area contributed by atoms with Crippen LogP contribution in [-0.4, -0.2) is 46.7 Å². The molecule has 1 aliphatic rings. The molecule has 1 N–H and O–H groups in total. The molecule has 3 heterocycles. The number of aromatic nitrogens is 5. The maximum atomic E-state index is 13.6. The summed E-state index contributed by atoms with van der Waals surface area (Å²) in [6.45, 7) is 18.4. The number of rotatable bonds is 5. The van der Waals surface area contributed by atoms with Gasteiger partial charge in [0.1, 0.15) is 11.3 Å². The highest BCUT2D eigenvalue weighted by Crippen LogP contribution is 2.44. The molecule has 0 radical (unpaired) electrons. The Morgan fingerprint density at radius 1 is 1.11 bits per heavy atom. The fourth-order valence-corrected chi connectivity index (χ4v) is 4.59. The molecule has 0 spiro atoms. The normalized spacial score (nSPS) is 14.9. The van der Waals surface area contributed by atoms with Crippen molar-refractivity contribution in [2.24, 2.45) is 0 Å². The number of carbonyl (C=O) groups excluding carboxylic acids is 1. The second-order valence-electron chi connectivity index (χ2n) is 12.8. The summed E-state index contributed by atoms with van der Waals surface area (Å²) in [5.41, 5.74) is 3.68. The highest BCUT2D eigenvalue weighted by Gasteiger charge is 2.37. The predicted molar refractivity (Wildman–Crippen MR) is 139 cm³/mol. The lowest BCUT2D eigenvalue weighted by molar-refractivity contribution is 0.0550. The molecule has 1 fully saturated rings. The first-order chi connectivity index (χ1) is 16.6. The van der Waals surface area contributed by atoms with Crippen LogP contribution in [0.5, 0.6) is 0 Å². The Morgan fingerprint density at radius 3 is 2.28 bits per heavy atom. The molecule has 1 amide bonds. The number of anilines is 1. The van der Waals surface area contributed by atoms with Crippen LogP contribution in [-0.2, 0) is 23.3 Å². The van der Waals surface area contributed by atoms with Gasteiger partial charge in [-0.3, -0.25) is 4.90 Å². The van der Waals surface area contributed by atoms with Crippen molar-refractivity contribution in [1.29, 1.82) is 0 Å². The zero-order chi connectivity index (χ0) is 26.6. The Bertz CT molecular complexity index is 1270. The summed E-state index contributed by atoms with van der Waals surface area (Å²) < 4.78 is 9.72. The molecule has 1 saturated carbocycles. The quantitative estimate of drug-likeness (QED) is 0.523. The molecular weight excluding hydrogens is 456 g/mol. The van der Waals surface area contributed by atoms with E-state index in [1.165, 1.54) is 5.56 Å². The van der Waals surface area contributed by atoms with E-state index >= 15 is 0 Å². The molecule has 9 heteroatoms. The van der Waals surface area contributed by atoms with Gasteiger partial charge in [0, 0.05) is 17.2 Å². The Morgan fingerprint density at radius 2 is 1.78 bits per heavy atom. The molecule has 0 atom stereocenters. The van der Waals surface area contributed by atoms with E-state index in [0.29, 0.717) is 23.8 Å². The summed E-state index contributed by atoms with van der Waals surface area (Å²) in [6.07, 6.45) is 5.80. The summed E-state index contributed by atoms with van der Waals surface area (Å²) in [4.78, 5) is 20.4. The molecule has 9 nitrogen and oxygen atoms in total. The number of aliphatic hydroxyl groups excluding tert-OH is 1. The van der Waals surface area contributed by atoms with Crippen molar-refractivity contribution in [1.82, 2.24) is 24.4 Å². The molecule has 36 heavy (non-hydrogen) atoms. The number of hydrogen-bond acceptors (Lipinski definition) is 6. The van der Waals surface area contributed by atoms with Gasteiger partial charge in [-0.15, -0.1) is 5.10 Å². The van der Waals surface area contributed by atoms with Crippen molar-refractivity contribution < 1.29 is 14.6 Å². The number of imidazole rings is 1. The first-order valence-electron chi connectivity index (χ1n) is 12.7. The number of amides is 1. The molecule has 0 aliphatic heterocycles. The van der Waals surface area contributed by atoms with Crippen molar-refractivity contribution in [3.63, 3.8) is 0 Å². The minimum atomic E-state index is -0.625. The fourth-order valence-electron chi connectivity index (χ4n) is 4.59. The van der Waals surface area contributed by atoms with Crippen LogP contribution in [0.25, 0.3) is 5.65 Å². The number of fused-ring (bicyclic) bond motifs is 1. The van der Waals surface area contributed by atoms with Crippen LogP contribution in [0.15, 0.2) is 18.5 Å². The average molecular weight is 497 g/mol. The zero-order valence-electron chi connectivity index (χ0n) is 23.1. The zero-order valence-corrected chi connectivity index (χ0v) is 23.1. The molecule has 0 saturated heterocycles. The highest BCUT2D eigenvalue weighted by atomic mass is 16.6. The van der Waals surface area contributed by atoms with Crippen molar-refractivity contribution in [2.45, 2.75) is 111 Å². The Hall–Kier alpha value is -2.94. The van der Waals surface area contributed by atoms with Crippen LogP contribution >= 0.6 is 0 Å².